The molecule has 1 fully saturated rings. The van der Waals surface area contributed by atoms with Gasteiger partial charge in [-0.3, -0.25) is 10.1 Å². The van der Waals surface area contributed by atoms with Gasteiger partial charge in [0.15, 0.2) is 0 Å². The SMILES string of the molecule is CCOC(=O)N1CCN(c2ncnc(Nc3ccc(OC)cc3)c2[N+](=O)[O-])CC1. The van der Waals surface area contributed by atoms with Crippen LogP contribution < -0.4 is 15.0 Å². The predicted molar refractivity (Wildman–Crippen MR) is 106 cm³/mol. The normalized spacial score (nSPS) is 13.7. The van der Waals surface area contributed by atoms with Gasteiger partial charge >= 0.3 is 11.8 Å². The van der Waals surface area contributed by atoms with Crippen molar-refractivity contribution in [3.8, 4) is 5.75 Å². The van der Waals surface area contributed by atoms with E-state index in [1.807, 2.05) is 0 Å². The van der Waals surface area contributed by atoms with Crippen LogP contribution in [-0.4, -0.2) is 65.8 Å². The van der Waals surface area contributed by atoms with E-state index >= 15 is 0 Å². The quantitative estimate of drug-likeness (QED) is 0.573. The number of nitrogens with one attached hydrogen (secondary N) is 1. The van der Waals surface area contributed by atoms with Crippen LogP contribution in [-0.2, 0) is 4.74 Å². The molecular weight excluding hydrogens is 380 g/mol. The molecule has 0 saturated carbocycles. The molecule has 1 saturated heterocycles. The van der Waals surface area contributed by atoms with Crippen molar-refractivity contribution >= 4 is 29.1 Å². The smallest absolute Gasteiger partial charge is 0.409 e. The van der Waals surface area contributed by atoms with Gasteiger partial charge in [-0.1, -0.05) is 0 Å². The molecule has 1 aliphatic heterocycles. The number of benzene rings is 1. The number of piperazine rings is 1. The van der Waals surface area contributed by atoms with E-state index in [1.54, 1.807) is 48.1 Å². The number of ether oxygens (including phenoxy) is 2. The molecule has 0 atom stereocenters. The number of hydrogen-bond acceptors (Lipinski definition) is 9. The summed E-state index contributed by atoms with van der Waals surface area (Å²) >= 11 is 0. The summed E-state index contributed by atoms with van der Waals surface area (Å²) in [5.41, 5.74) is 0.415. The lowest BCUT2D eigenvalue weighted by atomic mass is 10.2. The second-order valence-electron chi connectivity index (χ2n) is 6.18. The van der Waals surface area contributed by atoms with E-state index < -0.39 is 4.92 Å². The van der Waals surface area contributed by atoms with Crippen molar-refractivity contribution in [3.05, 3.63) is 40.7 Å². The number of carbonyl (C=O) groups is 1. The molecule has 0 radical (unpaired) electrons. The molecule has 154 valence electrons. The van der Waals surface area contributed by atoms with Gasteiger partial charge < -0.3 is 24.6 Å². The number of anilines is 3. The Hall–Kier alpha value is -3.63. The molecule has 0 spiro atoms. The van der Waals surface area contributed by atoms with Crippen molar-refractivity contribution < 1.29 is 19.2 Å². The van der Waals surface area contributed by atoms with Crippen LogP contribution in [0.5, 0.6) is 5.75 Å². The van der Waals surface area contributed by atoms with Gasteiger partial charge in [-0.05, 0) is 31.2 Å². The number of methoxy groups -OCH3 is 1. The fraction of sp³-hybridized carbons (Fsp3) is 0.389. The minimum absolute atomic E-state index is 0.0954. The van der Waals surface area contributed by atoms with Crippen LogP contribution in [0.4, 0.5) is 27.8 Å². The molecule has 0 bridgehead atoms. The Morgan fingerprint density at radius 3 is 2.48 bits per heavy atom. The van der Waals surface area contributed by atoms with Crippen molar-refractivity contribution in [3.63, 3.8) is 0 Å². The Morgan fingerprint density at radius 1 is 1.21 bits per heavy atom. The van der Waals surface area contributed by atoms with Gasteiger partial charge in [-0.2, -0.15) is 0 Å². The maximum Gasteiger partial charge on any atom is 0.409 e. The van der Waals surface area contributed by atoms with E-state index in [-0.39, 0.29) is 23.4 Å². The Balaban J connectivity index is 1.80. The van der Waals surface area contributed by atoms with Crippen molar-refractivity contribution in [1.82, 2.24) is 14.9 Å². The predicted octanol–water partition coefficient (Wildman–Crippen LogP) is 2.42. The highest BCUT2D eigenvalue weighted by Crippen LogP contribution is 2.34. The molecule has 1 amide bonds. The third kappa shape index (κ3) is 4.62. The average Bonchev–Trinajstić information content (AvgIpc) is 2.74. The fourth-order valence-corrected chi connectivity index (χ4v) is 2.99. The van der Waals surface area contributed by atoms with E-state index in [2.05, 4.69) is 15.3 Å². The Kier molecular flexibility index (Phi) is 6.27. The minimum atomic E-state index is -0.501. The van der Waals surface area contributed by atoms with Crippen molar-refractivity contribution in [1.29, 1.82) is 0 Å². The van der Waals surface area contributed by atoms with Crippen LogP contribution >= 0.6 is 0 Å². The van der Waals surface area contributed by atoms with Gasteiger partial charge in [0, 0.05) is 31.9 Å². The molecule has 0 aliphatic carbocycles. The van der Waals surface area contributed by atoms with E-state index in [9.17, 15) is 14.9 Å². The summed E-state index contributed by atoms with van der Waals surface area (Å²) in [6.45, 7) is 3.63. The van der Waals surface area contributed by atoms with Crippen molar-refractivity contribution in [2.24, 2.45) is 0 Å². The molecule has 1 aromatic carbocycles. The summed E-state index contributed by atoms with van der Waals surface area (Å²) < 4.78 is 10.1. The molecule has 1 aromatic heterocycles. The topological polar surface area (TPSA) is 123 Å². The third-order valence-corrected chi connectivity index (χ3v) is 4.44. The number of hydrogen-bond donors (Lipinski definition) is 1. The van der Waals surface area contributed by atoms with E-state index in [0.29, 0.717) is 44.2 Å². The van der Waals surface area contributed by atoms with Gasteiger partial charge in [0.1, 0.15) is 12.1 Å². The lowest BCUT2D eigenvalue weighted by Gasteiger charge is -2.34. The molecule has 1 aliphatic rings. The maximum atomic E-state index is 11.9. The summed E-state index contributed by atoms with van der Waals surface area (Å²) in [7, 11) is 1.56. The molecular formula is C18H22N6O5. The number of nitrogens with zero attached hydrogens (tertiary/aromatic N) is 5. The molecule has 3 rings (SSSR count). The van der Waals surface area contributed by atoms with E-state index in [1.165, 1.54) is 6.33 Å². The van der Waals surface area contributed by atoms with Crippen molar-refractivity contribution in [2.75, 3.05) is 50.1 Å². The van der Waals surface area contributed by atoms with Crippen LogP contribution in [0, 0.1) is 10.1 Å². The monoisotopic (exact) mass is 402 g/mol. The van der Waals surface area contributed by atoms with Gasteiger partial charge in [-0.25, -0.2) is 14.8 Å². The van der Waals surface area contributed by atoms with Crippen LogP contribution in [0.3, 0.4) is 0 Å². The molecule has 2 heterocycles. The van der Waals surface area contributed by atoms with Crippen molar-refractivity contribution in [2.45, 2.75) is 6.92 Å². The third-order valence-electron chi connectivity index (χ3n) is 4.44. The lowest BCUT2D eigenvalue weighted by molar-refractivity contribution is -0.383. The van der Waals surface area contributed by atoms with Crippen LogP contribution in [0.15, 0.2) is 30.6 Å². The van der Waals surface area contributed by atoms with Crippen LogP contribution in [0.2, 0.25) is 0 Å². The maximum absolute atomic E-state index is 11.9. The summed E-state index contributed by atoms with van der Waals surface area (Å²) in [4.78, 5) is 34.7. The highest BCUT2D eigenvalue weighted by molar-refractivity contribution is 5.75. The number of rotatable bonds is 6. The van der Waals surface area contributed by atoms with Gasteiger partial charge in [0.25, 0.3) is 0 Å². The number of amides is 1. The van der Waals surface area contributed by atoms with Crippen LogP contribution in [0.25, 0.3) is 0 Å². The first-order chi connectivity index (χ1) is 14.0. The Bertz CT molecular complexity index is 868. The highest BCUT2D eigenvalue weighted by atomic mass is 16.6. The first kappa shape index (κ1) is 20.1. The number of carbonyl (C=O) groups excluding carboxylic acids is 1. The second kappa shape index (κ2) is 9.04. The first-order valence-electron chi connectivity index (χ1n) is 9.10. The number of nitro groups is 1. The average molecular weight is 402 g/mol. The standard InChI is InChI=1S/C18H22N6O5/c1-3-29-18(25)23-10-8-22(9-11-23)17-15(24(26)27)16(19-12-20-17)21-13-4-6-14(28-2)7-5-13/h4-7,12H,3,8-11H2,1-2H3,(H,19,20,21). The molecule has 29 heavy (non-hydrogen) atoms. The molecule has 2 aromatic rings. The molecule has 11 heteroatoms. The van der Waals surface area contributed by atoms with Crippen LogP contribution in [0.1, 0.15) is 6.92 Å². The summed E-state index contributed by atoms with van der Waals surface area (Å²) in [6.07, 6.45) is 0.900. The Morgan fingerprint density at radius 2 is 1.90 bits per heavy atom. The van der Waals surface area contributed by atoms with Gasteiger partial charge in [0.2, 0.25) is 11.6 Å². The zero-order valence-corrected chi connectivity index (χ0v) is 16.2. The highest BCUT2D eigenvalue weighted by Gasteiger charge is 2.30. The summed E-state index contributed by atoms with van der Waals surface area (Å²) in [6, 6.07) is 6.96. The summed E-state index contributed by atoms with van der Waals surface area (Å²) in [5, 5.41) is 14.8. The van der Waals surface area contributed by atoms with E-state index in [4.69, 9.17) is 9.47 Å². The number of aromatic nitrogens is 2. The van der Waals surface area contributed by atoms with Gasteiger partial charge in [-0.15, -0.1) is 0 Å². The second-order valence-corrected chi connectivity index (χ2v) is 6.18. The van der Waals surface area contributed by atoms with E-state index in [0.717, 1.165) is 0 Å². The first-order valence-corrected chi connectivity index (χ1v) is 9.10. The molecule has 0 unspecified atom stereocenters. The molecule has 11 nitrogen and oxygen atoms in total. The summed E-state index contributed by atoms with van der Waals surface area (Å²) in [5.74, 6) is 0.982. The zero-order valence-electron chi connectivity index (χ0n) is 16.2. The largest absolute Gasteiger partial charge is 0.497 e. The molecule has 1 N–H and O–H groups in total. The minimum Gasteiger partial charge on any atom is -0.497 e. The zero-order chi connectivity index (χ0) is 20.8. The Labute approximate surface area is 167 Å². The lowest BCUT2D eigenvalue weighted by Crippen LogP contribution is -2.49. The van der Waals surface area contributed by atoms with Gasteiger partial charge in [0.05, 0.1) is 18.6 Å². The fourth-order valence-electron chi connectivity index (χ4n) is 2.99.